The van der Waals surface area contributed by atoms with Crippen molar-refractivity contribution in [3.63, 3.8) is 0 Å². The number of rotatable bonds is 3. The van der Waals surface area contributed by atoms with Gasteiger partial charge in [-0.1, -0.05) is 11.3 Å². The molecule has 21 heavy (non-hydrogen) atoms. The summed E-state index contributed by atoms with van der Waals surface area (Å²) < 4.78 is 0. The number of nitrogens with zero attached hydrogens (tertiary/aromatic N) is 4. The summed E-state index contributed by atoms with van der Waals surface area (Å²) >= 11 is 3.05. The van der Waals surface area contributed by atoms with Gasteiger partial charge in [-0.3, -0.25) is 0 Å². The number of aryl methyl sites for hydroxylation is 1. The Kier molecular flexibility index (Phi) is 3.94. The van der Waals surface area contributed by atoms with Crippen molar-refractivity contribution in [1.29, 1.82) is 5.26 Å². The molecule has 0 saturated carbocycles. The lowest BCUT2D eigenvalue weighted by Crippen LogP contribution is -2.26. The van der Waals surface area contributed by atoms with Crippen LogP contribution in [0.4, 0.5) is 5.13 Å². The number of anilines is 1. The zero-order chi connectivity index (χ0) is 14.7. The molecule has 2 N–H and O–H groups in total. The summed E-state index contributed by atoms with van der Waals surface area (Å²) in [5, 5.41) is 18.6. The van der Waals surface area contributed by atoms with Gasteiger partial charge in [0.25, 0.3) is 0 Å². The number of aliphatic imine (C=N–C) groups is 1. The van der Waals surface area contributed by atoms with E-state index < -0.39 is 0 Å². The molecule has 3 heterocycles. The quantitative estimate of drug-likeness (QED) is 0.908. The number of aromatic nitrogens is 2. The van der Waals surface area contributed by atoms with Crippen molar-refractivity contribution in [3.8, 4) is 16.6 Å². The standard InChI is InChI=1S/C13H12N6S2/c1-8-12(9-7-20-11(18-9)2-3-14)21-13(17-8)19-10-6-15-4-5-16-10/h4-5,7,15H,2,6H2,1H3,(H,16,17,19). The third-order valence-corrected chi connectivity index (χ3v) is 4.70. The van der Waals surface area contributed by atoms with Crippen LogP contribution in [0.2, 0.25) is 0 Å². The van der Waals surface area contributed by atoms with Gasteiger partial charge in [0.1, 0.15) is 10.8 Å². The molecule has 1 aliphatic heterocycles. The Morgan fingerprint density at radius 1 is 1.48 bits per heavy atom. The predicted octanol–water partition coefficient (Wildman–Crippen LogP) is 2.53. The molecule has 0 unspecified atom stereocenters. The fourth-order valence-corrected chi connectivity index (χ4v) is 3.57. The summed E-state index contributed by atoms with van der Waals surface area (Å²) in [6.45, 7) is 2.62. The lowest BCUT2D eigenvalue weighted by Gasteiger charge is -2.09. The first-order chi connectivity index (χ1) is 10.3. The Morgan fingerprint density at radius 2 is 2.38 bits per heavy atom. The van der Waals surface area contributed by atoms with Crippen LogP contribution in [0.3, 0.4) is 0 Å². The number of hydrogen-bond acceptors (Lipinski definition) is 8. The zero-order valence-corrected chi connectivity index (χ0v) is 12.9. The van der Waals surface area contributed by atoms with Crippen molar-refractivity contribution in [3.05, 3.63) is 28.5 Å². The second kappa shape index (κ2) is 6.03. The number of thiazole rings is 2. The summed E-state index contributed by atoms with van der Waals surface area (Å²) in [7, 11) is 0. The molecule has 0 aromatic carbocycles. The molecule has 0 spiro atoms. The molecule has 8 heteroatoms. The van der Waals surface area contributed by atoms with Gasteiger partial charge in [0.05, 0.1) is 35.3 Å². The van der Waals surface area contributed by atoms with Crippen LogP contribution < -0.4 is 10.6 Å². The van der Waals surface area contributed by atoms with Gasteiger partial charge >= 0.3 is 0 Å². The molecule has 3 rings (SSSR count). The summed E-state index contributed by atoms with van der Waals surface area (Å²) in [4.78, 5) is 14.3. The third kappa shape index (κ3) is 3.09. The Hall–Kier alpha value is -2.24. The van der Waals surface area contributed by atoms with Crippen molar-refractivity contribution in [2.24, 2.45) is 4.99 Å². The van der Waals surface area contributed by atoms with Crippen LogP contribution >= 0.6 is 22.7 Å². The van der Waals surface area contributed by atoms with Gasteiger partial charge in [0.15, 0.2) is 5.13 Å². The average molecular weight is 316 g/mol. The minimum absolute atomic E-state index is 0.350. The van der Waals surface area contributed by atoms with Gasteiger partial charge in [0.2, 0.25) is 0 Å². The molecule has 0 atom stereocenters. The smallest absolute Gasteiger partial charge is 0.188 e. The molecule has 0 saturated heterocycles. The first kappa shape index (κ1) is 13.7. The van der Waals surface area contributed by atoms with E-state index in [1.165, 1.54) is 11.3 Å². The topological polar surface area (TPSA) is 86.0 Å². The van der Waals surface area contributed by atoms with E-state index in [0.717, 1.165) is 32.2 Å². The van der Waals surface area contributed by atoms with Gasteiger partial charge in [-0.05, 0) is 6.92 Å². The van der Waals surface area contributed by atoms with E-state index in [2.05, 4.69) is 31.7 Å². The van der Waals surface area contributed by atoms with Gasteiger partial charge in [-0.25, -0.2) is 15.0 Å². The molecular weight excluding hydrogens is 304 g/mol. The second-order valence-corrected chi connectivity index (χ2v) is 6.23. The Morgan fingerprint density at radius 3 is 3.14 bits per heavy atom. The van der Waals surface area contributed by atoms with Gasteiger partial charge in [-0.15, -0.1) is 11.3 Å². The van der Waals surface area contributed by atoms with Gasteiger partial charge < -0.3 is 10.6 Å². The van der Waals surface area contributed by atoms with Crippen LogP contribution in [0.25, 0.3) is 10.6 Å². The minimum Gasteiger partial charge on any atom is -0.382 e. The zero-order valence-electron chi connectivity index (χ0n) is 11.3. The first-order valence-electron chi connectivity index (χ1n) is 6.27. The monoisotopic (exact) mass is 316 g/mol. The highest BCUT2D eigenvalue weighted by atomic mass is 32.1. The normalized spacial score (nSPS) is 13.4. The van der Waals surface area contributed by atoms with Gasteiger partial charge in [-0.2, -0.15) is 5.26 Å². The highest BCUT2D eigenvalue weighted by molar-refractivity contribution is 7.19. The van der Waals surface area contributed by atoms with E-state index in [0.29, 0.717) is 13.0 Å². The molecule has 6 nitrogen and oxygen atoms in total. The number of amidine groups is 1. The van der Waals surface area contributed by atoms with Crippen LogP contribution in [-0.2, 0) is 6.42 Å². The van der Waals surface area contributed by atoms with Crippen molar-refractivity contribution < 1.29 is 0 Å². The molecule has 0 aliphatic carbocycles. The van der Waals surface area contributed by atoms with E-state index in [1.807, 2.05) is 12.3 Å². The summed E-state index contributed by atoms with van der Waals surface area (Å²) in [6.07, 6.45) is 3.86. The molecule has 0 radical (unpaired) electrons. The number of nitrogens with one attached hydrogen (secondary N) is 2. The molecule has 0 bridgehead atoms. The molecule has 106 valence electrons. The molecule has 0 amide bonds. The van der Waals surface area contributed by atoms with Crippen LogP contribution in [-0.4, -0.2) is 22.3 Å². The summed E-state index contributed by atoms with van der Waals surface area (Å²) in [5.41, 5.74) is 1.81. The SMILES string of the molecule is Cc1nc(NC2=NC=CNC2)sc1-c1csc(CC#N)n1. The highest BCUT2D eigenvalue weighted by Crippen LogP contribution is 2.33. The minimum atomic E-state index is 0.350. The fraction of sp³-hybridized carbons (Fsp3) is 0.231. The van der Waals surface area contributed by atoms with E-state index in [1.54, 1.807) is 23.7 Å². The molecule has 1 aliphatic rings. The van der Waals surface area contributed by atoms with Gasteiger partial charge in [0, 0.05) is 17.8 Å². The van der Waals surface area contributed by atoms with E-state index in [-0.39, 0.29) is 0 Å². The third-order valence-electron chi connectivity index (χ3n) is 2.75. The van der Waals surface area contributed by atoms with Crippen molar-refractivity contribution in [2.45, 2.75) is 13.3 Å². The summed E-state index contributed by atoms with van der Waals surface area (Å²) in [5.74, 6) is 0.834. The fourth-order valence-electron chi connectivity index (χ4n) is 1.83. The van der Waals surface area contributed by atoms with Crippen LogP contribution in [0.5, 0.6) is 0 Å². The number of nitriles is 1. The van der Waals surface area contributed by atoms with Crippen LogP contribution in [0.15, 0.2) is 22.8 Å². The first-order valence-corrected chi connectivity index (χ1v) is 7.97. The summed E-state index contributed by atoms with van der Waals surface area (Å²) in [6, 6.07) is 2.12. The highest BCUT2D eigenvalue weighted by Gasteiger charge is 2.14. The number of hydrogen-bond donors (Lipinski definition) is 2. The Labute approximate surface area is 129 Å². The average Bonchev–Trinajstić information content (AvgIpc) is 3.07. The lowest BCUT2D eigenvalue weighted by atomic mass is 10.3. The van der Waals surface area contributed by atoms with Crippen molar-refractivity contribution in [1.82, 2.24) is 15.3 Å². The Balaban J connectivity index is 1.82. The van der Waals surface area contributed by atoms with Crippen molar-refractivity contribution in [2.75, 3.05) is 11.9 Å². The molecular formula is C13H12N6S2. The van der Waals surface area contributed by atoms with Crippen molar-refractivity contribution >= 4 is 33.6 Å². The second-order valence-electron chi connectivity index (χ2n) is 4.29. The maximum absolute atomic E-state index is 8.71. The van der Waals surface area contributed by atoms with E-state index in [4.69, 9.17) is 5.26 Å². The largest absolute Gasteiger partial charge is 0.382 e. The maximum Gasteiger partial charge on any atom is 0.188 e. The molecule has 2 aromatic rings. The Bertz CT molecular complexity index is 749. The van der Waals surface area contributed by atoms with E-state index in [9.17, 15) is 0 Å². The lowest BCUT2D eigenvalue weighted by molar-refractivity contribution is 0.984. The van der Waals surface area contributed by atoms with E-state index >= 15 is 0 Å². The van der Waals surface area contributed by atoms with Crippen LogP contribution in [0, 0.1) is 18.3 Å². The maximum atomic E-state index is 8.71. The van der Waals surface area contributed by atoms with Crippen LogP contribution in [0.1, 0.15) is 10.7 Å². The predicted molar refractivity (Wildman–Crippen MR) is 85.5 cm³/mol. The molecule has 2 aromatic heterocycles. The molecule has 0 fully saturated rings.